The first-order chi connectivity index (χ1) is 28.7. The van der Waals surface area contributed by atoms with E-state index in [1.807, 2.05) is 17.5 Å². The van der Waals surface area contributed by atoms with E-state index in [1.54, 1.807) is 0 Å². The van der Waals surface area contributed by atoms with E-state index < -0.39 is 0 Å². The van der Waals surface area contributed by atoms with Gasteiger partial charge in [0.15, 0.2) is 0 Å². The lowest BCUT2D eigenvalue weighted by Crippen LogP contribution is -1.98. The third-order valence-electron chi connectivity index (χ3n) is 11.9. The number of pyridine rings is 1. The van der Waals surface area contributed by atoms with Crippen LogP contribution < -0.4 is 0 Å². The first kappa shape index (κ1) is 32.9. The molecule has 0 unspecified atom stereocenters. The fourth-order valence-corrected chi connectivity index (χ4v) is 10.5. The van der Waals surface area contributed by atoms with Crippen molar-refractivity contribution in [3.8, 4) is 33.8 Å². The second-order valence-corrected chi connectivity index (χ2v) is 16.2. The molecule has 4 heteroatoms. The van der Waals surface area contributed by atoms with Gasteiger partial charge >= 0.3 is 0 Å². The Morgan fingerprint density at radius 2 is 1.22 bits per heavy atom. The highest BCUT2D eigenvalue weighted by atomic mass is 32.1. The molecule has 1 aliphatic rings. The van der Waals surface area contributed by atoms with Crippen LogP contribution in [0, 0.1) is 0 Å². The molecule has 7 aromatic carbocycles. The predicted molar refractivity (Wildman–Crippen MR) is 248 cm³/mol. The number of nitrogens with zero attached hydrogens (tertiary/aromatic N) is 3. The Labute approximate surface area is 339 Å². The van der Waals surface area contributed by atoms with Gasteiger partial charge in [-0.2, -0.15) is 0 Å². The van der Waals surface area contributed by atoms with Gasteiger partial charge in [-0.25, -0.2) is 0 Å². The third-order valence-corrected chi connectivity index (χ3v) is 13.1. The van der Waals surface area contributed by atoms with Crippen molar-refractivity contribution in [3.05, 3.63) is 206 Å². The minimum atomic E-state index is 0.884. The van der Waals surface area contributed by atoms with Gasteiger partial charge in [0.25, 0.3) is 0 Å². The van der Waals surface area contributed by atoms with Gasteiger partial charge in [0, 0.05) is 60.2 Å². The summed E-state index contributed by atoms with van der Waals surface area (Å²) >= 11 is 1.82. The summed E-state index contributed by atoms with van der Waals surface area (Å²) in [5, 5.41) is 7.42. The van der Waals surface area contributed by atoms with E-state index in [0.29, 0.717) is 0 Å². The molecule has 0 aliphatic heterocycles. The lowest BCUT2D eigenvalue weighted by molar-refractivity contribution is 1.15. The summed E-state index contributed by atoms with van der Waals surface area (Å²) in [6.45, 7) is 4.52. The molecule has 0 bridgehead atoms. The fraction of sp³-hybridized carbons (Fsp3) is 0.0185. The van der Waals surface area contributed by atoms with Crippen LogP contribution in [0.5, 0.6) is 0 Å². The molecule has 58 heavy (non-hydrogen) atoms. The number of thiophene rings is 1. The molecular formula is C54H35N3S. The Morgan fingerprint density at radius 1 is 0.517 bits per heavy atom. The van der Waals surface area contributed by atoms with Crippen molar-refractivity contribution >= 4 is 80.7 Å². The maximum atomic E-state index is 5.06. The number of para-hydroxylation sites is 3. The zero-order valence-electron chi connectivity index (χ0n) is 31.6. The van der Waals surface area contributed by atoms with E-state index in [1.165, 1.54) is 80.5 Å². The second-order valence-electron chi connectivity index (χ2n) is 15.2. The monoisotopic (exact) mass is 757 g/mol. The van der Waals surface area contributed by atoms with Crippen LogP contribution in [0.25, 0.3) is 103 Å². The molecule has 4 heterocycles. The number of fused-ring (bicyclic) bond motifs is 13. The average molecular weight is 758 g/mol. The first-order valence-electron chi connectivity index (χ1n) is 19.8. The van der Waals surface area contributed by atoms with Crippen LogP contribution in [0.2, 0.25) is 0 Å². The highest BCUT2D eigenvalue weighted by Crippen LogP contribution is 2.45. The molecule has 11 aromatic rings. The zero-order valence-corrected chi connectivity index (χ0v) is 32.4. The SMILES string of the molecule is C=C1/C=C\C=C/Cc2ccccc2-c2ccc(-c3nccc4c3sc3ccc(-n5c6ccccc6c6ccc7c8ccccc8n(-c8ccccc8)c7c65)cc34)cc21. The molecule has 3 nitrogen and oxygen atoms in total. The molecule has 0 amide bonds. The van der Waals surface area contributed by atoms with Gasteiger partial charge in [0.05, 0.1) is 32.5 Å². The van der Waals surface area contributed by atoms with Crippen molar-refractivity contribution in [1.29, 1.82) is 0 Å². The Morgan fingerprint density at radius 3 is 2.02 bits per heavy atom. The highest BCUT2D eigenvalue weighted by Gasteiger charge is 2.22. The minimum Gasteiger partial charge on any atom is -0.307 e. The van der Waals surface area contributed by atoms with Gasteiger partial charge < -0.3 is 9.13 Å². The highest BCUT2D eigenvalue weighted by molar-refractivity contribution is 7.26. The molecule has 4 aromatic heterocycles. The van der Waals surface area contributed by atoms with Crippen LogP contribution in [0.3, 0.4) is 0 Å². The third kappa shape index (κ3) is 4.89. The maximum Gasteiger partial charge on any atom is 0.0880 e. The van der Waals surface area contributed by atoms with Gasteiger partial charge in [-0.3, -0.25) is 4.98 Å². The van der Waals surface area contributed by atoms with Crippen LogP contribution in [-0.4, -0.2) is 14.1 Å². The minimum absolute atomic E-state index is 0.884. The molecule has 1 aliphatic carbocycles. The Hall–Kier alpha value is -7.27. The van der Waals surface area contributed by atoms with E-state index in [2.05, 4.69) is 198 Å². The van der Waals surface area contributed by atoms with Gasteiger partial charge in [-0.1, -0.05) is 134 Å². The van der Waals surface area contributed by atoms with Gasteiger partial charge in [0.1, 0.15) is 0 Å². The summed E-state index contributed by atoms with van der Waals surface area (Å²) in [5.41, 5.74) is 15.1. The molecule has 0 fully saturated rings. The number of aromatic nitrogens is 3. The Kier molecular flexibility index (Phi) is 7.31. The largest absolute Gasteiger partial charge is 0.307 e. The van der Waals surface area contributed by atoms with Crippen LogP contribution in [-0.2, 0) is 6.42 Å². The van der Waals surface area contributed by atoms with Crippen molar-refractivity contribution in [2.75, 3.05) is 0 Å². The topological polar surface area (TPSA) is 22.8 Å². The zero-order chi connectivity index (χ0) is 38.3. The van der Waals surface area contributed by atoms with Crippen molar-refractivity contribution < 1.29 is 0 Å². The Balaban J connectivity index is 1.09. The number of hydrogen-bond acceptors (Lipinski definition) is 2. The first-order valence-corrected chi connectivity index (χ1v) is 20.6. The maximum absolute atomic E-state index is 5.06. The second kappa shape index (κ2) is 12.9. The van der Waals surface area contributed by atoms with Crippen LogP contribution in [0.15, 0.2) is 195 Å². The van der Waals surface area contributed by atoms with E-state index >= 15 is 0 Å². The Bertz CT molecular complexity index is 3550. The summed E-state index contributed by atoms with van der Waals surface area (Å²) in [5.74, 6) is 0. The average Bonchev–Trinajstić information content (AvgIpc) is 3.94. The fourth-order valence-electron chi connectivity index (χ4n) is 9.34. The quantitative estimate of drug-likeness (QED) is 0.176. The molecule has 0 saturated carbocycles. The smallest absolute Gasteiger partial charge is 0.0880 e. The number of allylic oxidation sites excluding steroid dienone is 5. The van der Waals surface area contributed by atoms with E-state index in [0.717, 1.165) is 40.2 Å². The lowest BCUT2D eigenvalue weighted by atomic mass is 9.88. The van der Waals surface area contributed by atoms with Crippen LogP contribution in [0.4, 0.5) is 0 Å². The molecule has 0 saturated heterocycles. The van der Waals surface area contributed by atoms with Gasteiger partial charge in [-0.05, 0) is 88.8 Å². The number of rotatable bonds is 3. The van der Waals surface area contributed by atoms with E-state index in [4.69, 9.17) is 4.98 Å². The lowest BCUT2D eigenvalue weighted by Gasteiger charge is -2.16. The number of hydrogen-bond donors (Lipinski definition) is 0. The summed E-state index contributed by atoms with van der Waals surface area (Å²) < 4.78 is 7.36. The van der Waals surface area contributed by atoms with Crippen LogP contribution >= 0.6 is 11.3 Å². The number of benzene rings is 7. The van der Waals surface area contributed by atoms with E-state index in [-0.39, 0.29) is 0 Å². The van der Waals surface area contributed by atoms with Gasteiger partial charge in [0.2, 0.25) is 0 Å². The predicted octanol–water partition coefficient (Wildman–Crippen LogP) is 14.7. The molecule has 0 atom stereocenters. The molecule has 0 radical (unpaired) electrons. The molecule has 272 valence electrons. The summed E-state index contributed by atoms with van der Waals surface area (Å²) in [4.78, 5) is 5.06. The summed E-state index contributed by atoms with van der Waals surface area (Å²) in [6.07, 6.45) is 11.4. The standard InChI is InChI=1S/C54H35N3S/c1-34-14-4-2-5-15-35-16-8-9-19-39(35)40-26-24-36(32-46(34)40)51-54-45(30-31-55-51)47-33-38(25-29-50(47)58-54)57-49-23-13-11-21-42(49)44-28-27-43-41-20-10-12-22-48(41)56(52(43)53(44)57)37-17-6-3-7-18-37/h2-14,16-33H,1,15H2/b5-2-,14-4-. The van der Waals surface area contributed by atoms with Crippen molar-refractivity contribution in [2.24, 2.45) is 0 Å². The molecule has 0 N–H and O–H groups in total. The van der Waals surface area contributed by atoms with Crippen molar-refractivity contribution in [1.82, 2.24) is 14.1 Å². The van der Waals surface area contributed by atoms with Crippen molar-refractivity contribution in [3.63, 3.8) is 0 Å². The molecular weight excluding hydrogens is 723 g/mol. The molecule has 0 spiro atoms. The van der Waals surface area contributed by atoms with E-state index in [9.17, 15) is 0 Å². The van der Waals surface area contributed by atoms with Gasteiger partial charge in [-0.15, -0.1) is 11.3 Å². The summed E-state index contributed by atoms with van der Waals surface area (Å²) in [7, 11) is 0. The summed E-state index contributed by atoms with van der Waals surface area (Å²) in [6, 6.07) is 57.7. The van der Waals surface area contributed by atoms with Crippen molar-refractivity contribution in [2.45, 2.75) is 6.42 Å². The normalized spacial score (nSPS) is 14.1. The molecule has 12 rings (SSSR count). The van der Waals surface area contributed by atoms with Crippen LogP contribution in [0.1, 0.15) is 11.1 Å².